The van der Waals surface area contributed by atoms with Crippen molar-refractivity contribution in [2.24, 2.45) is 0 Å². The molecule has 6 nitrogen and oxygen atoms in total. The molecule has 0 aliphatic rings. The average molecular weight is 790 g/mol. The van der Waals surface area contributed by atoms with E-state index in [4.69, 9.17) is 4.74 Å². The van der Waals surface area contributed by atoms with Crippen molar-refractivity contribution in [3.05, 3.63) is 24.3 Å². The fourth-order valence-corrected chi connectivity index (χ4v) is 7.39. The molecule has 0 aliphatic heterocycles. The normalized spacial score (nSPS) is 12.9. The highest BCUT2D eigenvalue weighted by molar-refractivity contribution is 5.76. The van der Waals surface area contributed by atoms with E-state index in [1.54, 1.807) is 6.08 Å². The van der Waals surface area contributed by atoms with Crippen LogP contribution in [0, 0.1) is 0 Å². The molecule has 0 aromatic carbocycles. The van der Waals surface area contributed by atoms with Gasteiger partial charge in [-0.1, -0.05) is 212 Å². The van der Waals surface area contributed by atoms with Crippen LogP contribution in [0.4, 0.5) is 0 Å². The Morgan fingerprint density at radius 2 is 0.839 bits per heavy atom. The summed E-state index contributed by atoms with van der Waals surface area (Å²) in [6, 6.07) is -0.640. The molecule has 0 heterocycles. The van der Waals surface area contributed by atoms with Crippen LogP contribution in [0.2, 0.25) is 0 Å². The number of allylic oxidation sites excluding steroid dienone is 3. The third-order valence-electron chi connectivity index (χ3n) is 11.2. The van der Waals surface area contributed by atoms with Crippen LogP contribution in [-0.4, -0.2) is 47.4 Å². The highest BCUT2D eigenvalue weighted by atomic mass is 16.5. The predicted octanol–water partition coefficient (Wildman–Crippen LogP) is 14.3. The molecule has 0 spiro atoms. The fraction of sp³-hybridized carbons (Fsp3) is 0.880. The van der Waals surface area contributed by atoms with Crippen LogP contribution < -0.4 is 5.32 Å². The van der Waals surface area contributed by atoms with E-state index in [0.29, 0.717) is 19.4 Å². The molecule has 0 rings (SSSR count). The number of ether oxygens (including phenoxy) is 1. The summed E-state index contributed by atoms with van der Waals surface area (Å²) < 4.78 is 5.46. The first kappa shape index (κ1) is 54.3. The van der Waals surface area contributed by atoms with Crippen molar-refractivity contribution in [1.29, 1.82) is 0 Å². The largest absolute Gasteiger partial charge is 0.466 e. The second-order valence-corrected chi connectivity index (χ2v) is 16.8. The Labute approximate surface area is 348 Å². The van der Waals surface area contributed by atoms with E-state index in [-0.39, 0.29) is 18.5 Å². The van der Waals surface area contributed by atoms with Crippen molar-refractivity contribution in [3.63, 3.8) is 0 Å². The molecule has 2 unspecified atom stereocenters. The lowest BCUT2D eigenvalue weighted by Gasteiger charge is -2.20. The maximum atomic E-state index is 12.4. The van der Waals surface area contributed by atoms with Crippen LogP contribution in [0.1, 0.15) is 258 Å². The first-order valence-corrected chi connectivity index (χ1v) is 24.6. The van der Waals surface area contributed by atoms with E-state index in [9.17, 15) is 19.8 Å². The van der Waals surface area contributed by atoms with E-state index < -0.39 is 12.1 Å². The zero-order chi connectivity index (χ0) is 40.8. The number of aliphatic hydroxyl groups excluding tert-OH is 2. The van der Waals surface area contributed by atoms with Crippen molar-refractivity contribution in [3.8, 4) is 0 Å². The van der Waals surface area contributed by atoms with Crippen LogP contribution >= 0.6 is 0 Å². The molecular weight excluding hydrogens is 695 g/mol. The summed E-state index contributed by atoms with van der Waals surface area (Å²) in [6.45, 7) is 4.83. The zero-order valence-electron chi connectivity index (χ0n) is 37.4. The van der Waals surface area contributed by atoms with Gasteiger partial charge in [0.2, 0.25) is 5.91 Å². The standard InChI is InChI=1S/C50H95NO5/c1-3-5-7-9-11-13-15-16-17-18-19-20-24-28-32-36-40-44-50(55)56-45-41-37-33-29-25-21-23-27-31-35-39-43-49(54)51-47(46-52)48(53)42-38-34-30-26-22-14-12-10-8-6-4-2/h16-17,38,42,47-48,52-53H,3-15,18-37,39-41,43-46H2,1-2H3,(H,51,54)/b17-16-,42-38+. The van der Waals surface area contributed by atoms with Gasteiger partial charge in [-0.3, -0.25) is 9.59 Å². The van der Waals surface area contributed by atoms with Gasteiger partial charge in [-0.2, -0.15) is 0 Å². The molecule has 0 aromatic heterocycles. The van der Waals surface area contributed by atoms with Gasteiger partial charge >= 0.3 is 5.97 Å². The second-order valence-electron chi connectivity index (χ2n) is 16.8. The van der Waals surface area contributed by atoms with Gasteiger partial charge in [-0.15, -0.1) is 0 Å². The minimum absolute atomic E-state index is 0.0195. The molecule has 0 bridgehead atoms. The number of rotatable bonds is 45. The van der Waals surface area contributed by atoms with Crippen LogP contribution in [0.5, 0.6) is 0 Å². The molecular formula is C50H95NO5. The maximum absolute atomic E-state index is 12.4. The quantitative estimate of drug-likeness (QED) is 0.0324. The molecule has 0 aliphatic carbocycles. The summed E-state index contributed by atoms with van der Waals surface area (Å²) in [5, 5.41) is 22.9. The number of esters is 1. The lowest BCUT2D eigenvalue weighted by Crippen LogP contribution is -2.45. The van der Waals surface area contributed by atoms with Crippen molar-refractivity contribution >= 4 is 11.9 Å². The van der Waals surface area contributed by atoms with Gasteiger partial charge in [0.05, 0.1) is 25.4 Å². The summed E-state index contributed by atoms with van der Waals surface area (Å²) in [5.74, 6) is -0.108. The molecule has 0 saturated carbocycles. The number of hydrogen-bond acceptors (Lipinski definition) is 5. The monoisotopic (exact) mass is 790 g/mol. The van der Waals surface area contributed by atoms with E-state index in [1.165, 1.54) is 173 Å². The van der Waals surface area contributed by atoms with Crippen molar-refractivity contribution in [2.45, 2.75) is 270 Å². The number of amides is 1. The van der Waals surface area contributed by atoms with Gasteiger partial charge in [0.25, 0.3) is 0 Å². The third kappa shape index (κ3) is 42.0. The number of hydrogen-bond donors (Lipinski definition) is 3. The SMILES string of the molecule is CCCCCCCC/C=C\CCCCCCCCCC(=O)OCCCCCCCCCCCCCC(=O)NC(CO)C(O)/C=C/CCCCCCCCCCC. The first-order valence-electron chi connectivity index (χ1n) is 24.6. The summed E-state index contributed by atoms with van der Waals surface area (Å²) in [5.41, 5.74) is 0. The van der Waals surface area contributed by atoms with Crippen LogP contribution in [0.15, 0.2) is 24.3 Å². The topological polar surface area (TPSA) is 95.9 Å². The van der Waals surface area contributed by atoms with Crippen molar-refractivity contribution in [1.82, 2.24) is 5.32 Å². The van der Waals surface area contributed by atoms with Gasteiger partial charge in [-0.25, -0.2) is 0 Å². The predicted molar refractivity (Wildman–Crippen MR) is 241 cm³/mol. The molecule has 6 heteroatoms. The lowest BCUT2D eigenvalue weighted by molar-refractivity contribution is -0.143. The molecule has 0 saturated heterocycles. The van der Waals surface area contributed by atoms with Gasteiger partial charge in [-0.05, 0) is 57.8 Å². The highest BCUT2D eigenvalue weighted by Gasteiger charge is 2.18. The lowest BCUT2D eigenvalue weighted by atomic mass is 10.0. The van der Waals surface area contributed by atoms with Gasteiger partial charge in [0.1, 0.15) is 0 Å². The summed E-state index contributed by atoms with van der Waals surface area (Å²) in [7, 11) is 0. The molecule has 0 fully saturated rings. The molecule has 56 heavy (non-hydrogen) atoms. The Bertz CT molecular complexity index is 874. The average Bonchev–Trinajstić information content (AvgIpc) is 3.20. The molecule has 330 valence electrons. The Morgan fingerprint density at radius 1 is 0.482 bits per heavy atom. The van der Waals surface area contributed by atoms with Crippen molar-refractivity contribution in [2.75, 3.05) is 13.2 Å². The van der Waals surface area contributed by atoms with E-state index in [0.717, 1.165) is 57.8 Å². The zero-order valence-corrected chi connectivity index (χ0v) is 37.4. The highest BCUT2D eigenvalue weighted by Crippen LogP contribution is 2.15. The van der Waals surface area contributed by atoms with Crippen LogP contribution in [-0.2, 0) is 14.3 Å². The summed E-state index contributed by atoms with van der Waals surface area (Å²) in [4.78, 5) is 24.4. The minimum atomic E-state index is -0.855. The van der Waals surface area contributed by atoms with E-state index in [1.807, 2.05) is 6.08 Å². The molecule has 3 N–H and O–H groups in total. The van der Waals surface area contributed by atoms with Gasteiger partial charge < -0.3 is 20.3 Å². The Balaban J connectivity index is 3.48. The van der Waals surface area contributed by atoms with Crippen LogP contribution in [0.25, 0.3) is 0 Å². The molecule has 0 aromatic rings. The number of aliphatic hydroxyl groups is 2. The smallest absolute Gasteiger partial charge is 0.305 e. The number of carbonyl (C=O) groups excluding carboxylic acids is 2. The van der Waals surface area contributed by atoms with Gasteiger partial charge in [0.15, 0.2) is 0 Å². The number of nitrogens with one attached hydrogen (secondary N) is 1. The van der Waals surface area contributed by atoms with E-state index in [2.05, 4.69) is 31.3 Å². The summed E-state index contributed by atoms with van der Waals surface area (Å²) in [6.07, 6.45) is 53.1. The Morgan fingerprint density at radius 3 is 1.27 bits per heavy atom. The fourth-order valence-electron chi connectivity index (χ4n) is 7.39. The first-order chi connectivity index (χ1) is 27.5. The Hall–Kier alpha value is -1.66. The van der Waals surface area contributed by atoms with E-state index >= 15 is 0 Å². The van der Waals surface area contributed by atoms with Gasteiger partial charge in [0, 0.05) is 12.8 Å². The number of unbranched alkanes of at least 4 members (excludes halogenated alkanes) is 32. The summed E-state index contributed by atoms with van der Waals surface area (Å²) >= 11 is 0. The molecule has 2 atom stereocenters. The maximum Gasteiger partial charge on any atom is 0.305 e. The number of carbonyl (C=O) groups is 2. The van der Waals surface area contributed by atoms with Crippen molar-refractivity contribution < 1.29 is 24.5 Å². The minimum Gasteiger partial charge on any atom is -0.466 e. The molecule has 1 amide bonds. The second kappa shape index (κ2) is 46.0. The van der Waals surface area contributed by atoms with Crippen LogP contribution in [0.3, 0.4) is 0 Å². The molecule has 0 radical (unpaired) electrons. The Kier molecular flexibility index (Phi) is 44.7. The third-order valence-corrected chi connectivity index (χ3v) is 11.2.